The second kappa shape index (κ2) is 6.06. The summed E-state index contributed by atoms with van der Waals surface area (Å²) in [5.74, 6) is 2.26. The Bertz CT molecular complexity index is 592. The van der Waals surface area contributed by atoms with Gasteiger partial charge in [0.1, 0.15) is 0 Å². The van der Waals surface area contributed by atoms with Gasteiger partial charge in [0.15, 0.2) is 11.5 Å². The normalized spacial score (nSPS) is 22.0. The second-order valence-electron chi connectivity index (χ2n) is 7.04. The zero-order valence-electron chi connectivity index (χ0n) is 13.8. The van der Waals surface area contributed by atoms with Crippen LogP contribution >= 0.6 is 0 Å². The van der Waals surface area contributed by atoms with Crippen molar-refractivity contribution in [3.8, 4) is 11.5 Å². The highest BCUT2D eigenvalue weighted by Gasteiger charge is 2.40. The molecule has 0 radical (unpaired) electrons. The lowest BCUT2D eigenvalue weighted by atomic mass is 9.84. The SMILES string of the molecule is C[C@H](c1ccc2c(c1)OCCCO2)N(C(=O)C1CCC1)C1CC1. The predicted molar refractivity (Wildman–Crippen MR) is 87.7 cm³/mol. The first kappa shape index (κ1) is 14.9. The summed E-state index contributed by atoms with van der Waals surface area (Å²) in [4.78, 5) is 15.0. The van der Waals surface area contributed by atoms with Gasteiger partial charge in [-0.05, 0) is 50.3 Å². The molecule has 0 spiro atoms. The molecular formula is C19H25NO3. The Morgan fingerprint density at radius 1 is 1.09 bits per heavy atom. The summed E-state index contributed by atoms with van der Waals surface area (Å²) in [5, 5.41) is 0. The Kier molecular flexibility index (Phi) is 3.92. The molecule has 1 aromatic rings. The lowest BCUT2D eigenvalue weighted by molar-refractivity contribution is -0.141. The summed E-state index contributed by atoms with van der Waals surface area (Å²) in [5.41, 5.74) is 1.15. The molecule has 1 heterocycles. The molecule has 0 aromatic heterocycles. The molecule has 4 rings (SSSR count). The molecule has 1 aliphatic heterocycles. The van der Waals surface area contributed by atoms with E-state index in [1.165, 1.54) is 6.42 Å². The second-order valence-corrected chi connectivity index (χ2v) is 7.04. The number of ether oxygens (including phenoxy) is 2. The van der Waals surface area contributed by atoms with E-state index in [2.05, 4.69) is 24.0 Å². The zero-order valence-corrected chi connectivity index (χ0v) is 13.8. The van der Waals surface area contributed by atoms with E-state index >= 15 is 0 Å². The monoisotopic (exact) mass is 315 g/mol. The Balaban J connectivity index is 1.57. The van der Waals surface area contributed by atoms with Crippen LogP contribution in [0.25, 0.3) is 0 Å². The molecule has 2 saturated carbocycles. The molecule has 0 saturated heterocycles. The Labute approximate surface area is 137 Å². The molecule has 2 fully saturated rings. The standard InChI is InChI=1S/C19H25NO3/c1-13(20(16-7-8-16)19(21)14-4-2-5-14)15-6-9-17-18(12-15)23-11-3-10-22-17/h6,9,12-14,16H,2-5,7-8,10-11H2,1H3/t13-/m1/s1. The Morgan fingerprint density at radius 3 is 2.48 bits per heavy atom. The number of nitrogens with zero attached hydrogens (tertiary/aromatic N) is 1. The van der Waals surface area contributed by atoms with Crippen molar-refractivity contribution in [1.82, 2.24) is 4.90 Å². The van der Waals surface area contributed by atoms with E-state index < -0.39 is 0 Å². The van der Waals surface area contributed by atoms with Gasteiger partial charge in [-0.3, -0.25) is 4.79 Å². The maximum Gasteiger partial charge on any atom is 0.226 e. The topological polar surface area (TPSA) is 38.8 Å². The van der Waals surface area contributed by atoms with Crippen LogP contribution in [0, 0.1) is 5.92 Å². The highest BCUT2D eigenvalue weighted by Crippen LogP contribution is 2.41. The summed E-state index contributed by atoms with van der Waals surface area (Å²) in [6.07, 6.45) is 6.54. The predicted octanol–water partition coefficient (Wildman–Crippen LogP) is 3.70. The molecule has 4 heteroatoms. The van der Waals surface area contributed by atoms with Gasteiger partial charge < -0.3 is 14.4 Å². The number of carbonyl (C=O) groups excluding carboxylic acids is 1. The summed E-state index contributed by atoms with van der Waals surface area (Å²) in [6.45, 7) is 3.54. The minimum atomic E-state index is 0.104. The van der Waals surface area contributed by atoms with Crippen molar-refractivity contribution >= 4 is 5.91 Å². The molecule has 124 valence electrons. The summed E-state index contributed by atoms with van der Waals surface area (Å²) in [7, 11) is 0. The first-order valence-corrected chi connectivity index (χ1v) is 8.96. The minimum absolute atomic E-state index is 0.104. The number of hydrogen-bond acceptors (Lipinski definition) is 3. The van der Waals surface area contributed by atoms with E-state index in [0.29, 0.717) is 25.2 Å². The third kappa shape index (κ3) is 2.91. The van der Waals surface area contributed by atoms with Gasteiger partial charge in [-0.15, -0.1) is 0 Å². The molecule has 0 bridgehead atoms. The van der Waals surface area contributed by atoms with E-state index in [1.54, 1.807) is 0 Å². The number of rotatable bonds is 4. The van der Waals surface area contributed by atoms with Crippen LogP contribution in [0.1, 0.15) is 57.1 Å². The molecule has 23 heavy (non-hydrogen) atoms. The lowest BCUT2D eigenvalue weighted by Crippen LogP contribution is -2.41. The van der Waals surface area contributed by atoms with Gasteiger partial charge in [-0.1, -0.05) is 12.5 Å². The number of amides is 1. The van der Waals surface area contributed by atoms with Crippen molar-refractivity contribution in [2.75, 3.05) is 13.2 Å². The van der Waals surface area contributed by atoms with E-state index in [9.17, 15) is 4.79 Å². The summed E-state index contributed by atoms with van der Waals surface area (Å²) >= 11 is 0. The molecule has 1 aromatic carbocycles. The maximum absolute atomic E-state index is 12.8. The summed E-state index contributed by atoms with van der Waals surface area (Å²) < 4.78 is 11.5. The molecule has 3 aliphatic rings. The van der Waals surface area contributed by atoms with Crippen LogP contribution in [0.2, 0.25) is 0 Å². The van der Waals surface area contributed by atoms with Crippen LogP contribution in [-0.2, 0) is 4.79 Å². The van der Waals surface area contributed by atoms with Crippen LogP contribution in [0.3, 0.4) is 0 Å². The van der Waals surface area contributed by atoms with Crippen LogP contribution < -0.4 is 9.47 Å². The third-order valence-electron chi connectivity index (χ3n) is 5.32. The van der Waals surface area contributed by atoms with Crippen molar-refractivity contribution in [2.45, 2.75) is 57.5 Å². The van der Waals surface area contributed by atoms with E-state index in [-0.39, 0.29) is 12.0 Å². The van der Waals surface area contributed by atoms with Crippen LogP contribution in [0.15, 0.2) is 18.2 Å². The molecule has 4 nitrogen and oxygen atoms in total. The van der Waals surface area contributed by atoms with Gasteiger partial charge in [0, 0.05) is 18.4 Å². The zero-order chi connectivity index (χ0) is 15.8. The number of fused-ring (bicyclic) bond motifs is 1. The fraction of sp³-hybridized carbons (Fsp3) is 0.632. The summed E-state index contributed by atoms with van der Waals surface area (Å²) in [6, 6.07) is 6.68. The van der Waals surface area contributed by atoms with Gasteiger partial charge >= 0.3 is 0 Å². The first-order chi connectivity index (χ1) is 11.2. The van der Waals surface area contributed by atoms with E-state index in [4.69, 9.17) is 9.47 Å². The van der Waals surface area contributed by atoms with Gasteiger partial charge in [0.25, 0.3) is 0 Å². The average Bonchev–Trinajstić information content (AvgIpc) is 3.31. The Morgan fingerprint density at radius 2 is 1.83 bits per heavy atom. The van der Waals surface area contributed by atoms with Gasteiger partial charge in [-0.25, -0.2) is 0 Å². The first-order valence-electron chi connectivity index (χ1n) is 8.96. The fourth-order valence-electron chi connectivity index (χ4n) is 3.51. The van der Waals surface area contributed by atoms with Crippen LogP contribution in [0.4, 0.5) is 0 Å². The minimum Gasteiger partial charge on any atom is -0.490 e. The molecule has 0 unspecified atom stereocenters. The Hall–Kier alpha value is -1.71. The van der Waals surface area contributed by atoms with Crippen molar-refractivity contribution < 1.29 is 14.3 Å². The van der Waals surface area contributed by atoms with Crippen LogP contribution in [0.5, 0.6) is 11.5 Å². The largest absolute Gasteiger partial charge is 0.490 e. The van der Waals surface area contributed by atoms with Crippen molar-refractivity contribution in [3.05, 3.63) is 23.8 Å². The lowest BCUT2D eigenvalue weighted by Gasteiger charge is -2.36. The van der Waals surface area contributed by atoms with Gasteiger partial charge in [-0.2, -0.15) is 0 Å². The van der Waals surface area contributed by atoms with Crippen LogP contribution in [-0.4, -0.2) is 30.1 Å². The van der Waals surface area contributed by atoms with E-state index in [0.717, 1.165) is 49.2 Å². The van der Waals surface area contributed by atoms with Gasteiger partial charge in [0.2, 0.25) is 5.91 Å². The van der Waals surface area contributed by atoms with Crippen molar-refractivity contribution in [2.24, 2.45) is 5.92 Å². The van der Waals surface area contributed by atoms with E-state index in [1.807, 2.05) is 6.07 Å². The molecule has 1 atom stereocenters. The number of benzene rings is 1. The number of hydrogen-bond donors (Lipinski definition) is 0. The number of carbonyl (C=O) groups is 1. The van der Waals surface area contributed by atoms with Crippen molar-refractivity contribution in [3.63, 3.8) is 0 Å². The highest BCUT2D eigenvalue weighted by molar-refractivity contribution is 5.80. The maximum atomic E-state index is 12.8. The molecular weight excluding hydrogens is 290 g/mol. The highest BCUT2D eigenvalue weighted by atomic mass is 16.5. The average molecular weight is 315 g/mol. The quantitative estimate of drug-likeness (QED) is 0.850. The molecule has 2 aliphatic carbocycles. The molecule has 1 amide bonds. The fourth-order valence-corrected chi connectivity index (χ4v) is 3.51. The molecule has 0 N–H and O–H groups in total. The smallest absolute Gasteiger partial charge is 0.226 e. The third-order valence-corrected chi connectivity index (χ3v) is 5.32. The van der Waals surface area contributed by atoms with Gasteiger partial charge in [0.05, 0.1) is 19.3 Å². The van der Waals surface area contributed by atoms with Crippen molar-refractivity contribution in [1.29, 1.82) is 0 Å².